The smallest absolute Gasteiger partial charge is 0.328 e. The molecule has 0 spiro atoms. The van der Waals surface area contributed by atoms with Gasteiger partial charge in [0.2, 0.25) is 47.3 Å². The number of carbonyl (C=O) groups is 9. The first-order chi connectivity index (χ1) is 36.2. The molecule has 1 aromatic heterocycles. The Morgan fingerprint density at radius 1 is 0.711 bits per heavy atom. The second-order valence-corrected chi connectivity index (χ2v) is 20.9. The molecule has 15 N–H and O–H groups in total. The minimum atomic E-state index is -1.84. The van der Waals surface area contributed by atoms with Crippen molar-refractivity contribution in [2.24, 2.45) is 5.73 Å². The zero-order valence-corrected chi connectivity index (χ0v) is 43.7. The third kappa shape index (κ3) is 18.0. The van der Waals surface area contributed by atoms with Gasteiger partial charge in [0, 0.05) is 54.8 Å². The van der Waals surface area contributed by atoms with E-state index < -0.39 is 114 Å². The average Bonchev–Trinajstić information content (AvgIpc) is 3.79. The van der Waals surface area contributed by atoms with Gasteiger partial charge in [0.1, 0.15) is 48.0 Å². The highest BCUT2D eigenvalue weighted by molar-refractivity contribution is 8.76. The first-order valence-electron chi connectivity index (χ1n) is 24.5. The van der Waals surface area contributed by atoms with E-state index in [4.69, 9.17) is 5.73 Å². The summed E-state index contributed by atoms with van der Waals surface area (Å²) in [5.41, 5.74) is 8.21. The number of carbonyl (C=O) groups excluding carboxylic acids is 8. The summed E-state index contributed by atoms with van der Waals surface area (Å²) >= 11 is 0. The molecule has 0 aliphatic carbocycles. The van der Waals surface area contributed by atoms with Crippen LogP contribution in [0.5, 0.6) is 5.75 Å². The van der Waals surface area contributed by atoms with Crippen LogP contribution in [0.25, 0.3) is 10.9 Å². The predicted octanol–water partition coefficient (Wildman–Crippen LogP) is -0.830. The van der Waals surface area contributed by atoms with E-state index in [2.05, 4.69) is 47.5 Å². The normalized spacial score (nSPS) is 21.9. The molecule has 410 valence electrons. The van der Waals surface area contributed by atoms with Crippen LogP contribution in [0.15, 0.2) is 85.1 Å². The second kappa shape index (κ2) is 29.2. The number of benzene rings is 3. The van der Waals surface area contributed by atoms with Gasteiger partial charge in [-0.2, -0.15) is 0 Å². The van der Waals surface area contributed by atoms with Crippen LogP contribution in [0.4, 0.5) is 0 Å². The van der Waals surface area contributed by atoms with Crippen LogP contribution in [0, 0.1) is 0 Å². The molecule has 25 heteroatoms. The predicted molar refractivity (Wildman–Crippen MR) is 284 cm³/mol. The summed E-state index contributed by atoms with van der Waals surface area (Å²) in [7, 11) is 1.80. The number of phenols is 1. The van der Waals surface area contributed by atoms with Gasteiger partial charge in [-0.25, -0.2) is 4.79 Å². The molecule has 3 aromatic carbocycles. The number of nitrogens with two attached hydrogens (primary N) is 1. The maximum Gasteiger partial charge on any atom is 0.328 e. The summed E-state index contributed by atoms with van der Waals surface area (Å²) in [6.07, 6.45) is -1.26. The number of rotatable bonds is 18. The van der Waals surface area contributed by atoms with E-state index in [0.29, 0.717) is 40.4 Å². The maximum absolute atomic E-state index is 14.8. The van der Waals surface area contributed by atoms with E-state index in [1.165, 1.54) is 38.1 Å². The van der Waals surface area contributed by atoms with Gasteiger partial charge >= 0.3 is 5.97 Å². The van der Waals surface area contributed by atoms with Gasteiger partial charge in [-0.1, -0.05) is 82.3 Å². The van der Waals surface area contributed by atoms with Crippen molar-refractivity contribution >= 4 is 85.7 Å². The Morgan fingerprint density at radius 2 is 1.33 bits per heavy atom. The number of aromatic nitrogens is 1. The Balaban J connectivity index is 1.61. The van der Waals surface area contributed by atoms with Crippen molar-refractivity contribution in [1.82, 2.24) is 47.5 Å². The molecule has 1 fully saturated rings. The molecule has 1 aliphatic rings. The first kappa shape index (κ1) is 59.7. The van der Waals surface area contributed by atoms with E-state index in [1.807, 2.05) is 6.07 Å². The van der Waals surface area contributed by atoms with Gasteiger partial charge in [-0.15, -0.1) is 0 Å². The molecule has 0 unspecified atom stereocenters. The fourth-order valence-electron chi connectivity index (χ4n) is 8.12. The van der Waals surface area contributed by atoms with Crippen molar-refractivity contribution in [3.05, 3.63) is 102 Å². The highest BCUT2D eigenvalue weighted by Gasteiger charge is 2.37. The summed E-state index contributed by atoms with van der Waals surface area (Å²) in [5.74, 6) is -9.47. The third-order valence-corrected chi connectivity index (χ3v) is 14.6. The van der Waals surface area contributed by atoms with Crippen molar-refractivity contribution in [1.29, 1.82) is 0 Å². The molecule has 0 bridgehead atoms. The highest BCUT2D eigenvalue weighted by Crippen LogP contribution is 2.25. The Bertz CT molecular complexity index is 2660. The lowest BCUT2D eigenvalue weighted by Gasteiger charge is -2.29. The van der Waals surface area contributed by atoms with Gasteiger partial charge < -0.3 is 73.7 Å². The summed E-state index contributed by atoms with van der Waals surface area (Å²) in [5, 5.41) is 62.3. The minimum Gasteiger partial charge on any atom is -0.508 e. The molecule has 2 heterocycles. The van der Waals surface area contributed by atoms with E-state index in [9.17, 15) is 63.6 Å². The number of carboxylic acid groups (broad SMARTS) is 1. The van der Waals surface area contributed by atoms with Crippen LogP contribution >= 0.6 is 21.6 Å². The van der Waals surface area contributed by atoms with Crippen LogP contribution in [0.3, 0.4) is 0 Å². The number of fused-ring (bicyclic) bond motifs is 1. The summed E-state index contributed by atoms with van der Waals surface area (Å²) in [6, 6.07) is 9.44. The first-order valence-corrected chi connectivity index (χ1v) is 27.0. The lowest BCUT2D eigenvalue weighted by atomic mass is 10.0. The third-order valence-electron chi connectivity index (χ3n) is 12.2. The van der Waals surface area contributed by atoms with E-state index in [-0.39, 0.29) is 49.5 Å². The number of aromatic amines is 1. The van der Waals surface area contributed by atoms with Crippen LogP contribution < -0.4 is 48.3 Å². The molecule has 23 nitrogen and oxygen atoms in total. The number of phenolic OH excluding ortho intramolecular Hbond substituents is 1. The monoisotopic (exact) mass is 1090 g/mol. The molecular formula is C51H66N10O13S2. The number of H-pyrrole nitrogens is 1. The quantitative estimate of drug-likeness (QED) is 0.0427. The number of aromatic hydroxyl groups is 1. The number of unbranched alkanes of at least 4 members (excludes halogenated alkanes) is 1. The molecule has 10 atom stereocenters. The summed E-state index contributed by atoms with van der Waals surface area (Å²) in [4.78, 5) is 128. The molecule has 1 saturated heterocycles. The van der Waals surface area contributed by atoms with Crippen molar-refractivity contribution in [2.45, 2.75) is 120 Å². The number of aliphatic hydroxyl groups is 2. The Kier molecular flexibility index (Phi) is 22.9. The molecule has 0 radical (unpaired) electrons. The zero-order valence-electron chi connectivity index (χ0n) is 42.1. The van der Waals surface area contributed by atoms with E-state index >= 15 is 0 Å². The number of aliphatic carboxylic acids is 1. The molecule has 8 amide bonds. The number of hydrogen-bond donors (Lipinski definition) is 14. The number of amides is 8. The minimum absolute atomic E-state index is 0.0102. The lowest BCUT2D eigenvalue weighted by Crippen LogP contribution is -2.62. The van der Waals surface area contributed by atoms with Gasteiger partial charge in [0.25, 0.3) is 0 Å². The van der Waals surface area contributed by atoms with E-state index in [0.717, 1.165) is 28.5 Å². The van der Waals surface area contributed by atoms with Gasteiger partial charge in [-0.3, -0.25) is 38.4 Å². The van der Waals surface area contributed by atoms with Crippen LogP contribution in [-0.2, 0) is 62.4 Å². The SMILES string of the molecule is CC(=O)N[C@H](Cc1ccccc1)C(=O)N[C@H]1CSSC[C@@H](C(=O)N[C@H](C(=O)O)[C@@H](C)O)NC(=O)[C@@H]([C@@H](C)O)NC(=O)[C@H](CCCCN)NC(=O)[C@@H](Cc2c[nH]c3ccccc23)NC(=O)[C@H](Cc2ccc(O)cc2)NC1=O. The molecule has 76 heavy (non-hydrogen) atoms. The molecule has 4 aromatic rings. The van der Waals surface area contributed by atoms with Crippen molar-refractivity contribution in [3.63, 3.8) is 0 Å². The Hall–Kier alpha value is -7.19. The molecule has 1 aliphatic heterocycles. The van der Waals surface area contributed by atoms with E-state index in [1.54, 1.807) is 54.7 Å². The lowest BCUT2D eigenvalue weighted by molar-refractivity contribution is -0.145. The number of aliphatic hydroxyl groups excluding tert-OH is 2. The summed E-state index contributed by atoms with van der Waals surface area (Å²) in [6.45, 7) is 3.75. The molecular weight excluding hydrogens is 1020 g/mol. The van der Waals surface area contributed by atoms with Crippen LogP contribution in [0.1, 0.15) is 56.7 Å². The average molecular weight is 1090 g/mol. The fourth-order valence-corrected chi connectivity index (χ4v) is 10.5. The molecule has 5 rings (SSSR count). The van der Waals surface area contributed by atoms with Crippen molar-refractivity contribution in [3.8, 4) is 5.75 Å². The van der Waals surface area contributed by atoms with Gasteiger partial charge in [-0.05, 0) is 74.5 Å². The van der Waals surface area contributed by atoms with Crippen LogP contribution in [0.2, 0.25) is 0 Å². The van der Waals surface area contributed by atoms with Crippen molar-refractivity contribution in [2.75, 3.05) is 18.1 Å². The Morgan fingerprint density at radius 3 is 1.97 bits per heavy atom. The number of hydrogen-bond acceptors (Lipinski definition) is 15. The number of para-hydroxylation sites is 1. The van der Waals surface area contributed by atoms with Crippen molar-refractivity contribution < 1.29 is 63.6 Å². The number of nitrogens with one attached hydrogen (secondary N) is 9. The van der Waals surface area contributed by atoms with Gasteiger partial charge in [0.05, 0.1) is 12.2 Å². The number of carboxylic acids is 1. The standard InChI is InChI=1S/C51H66N10O13S2/c1-27(62)42-50(72)59-41(49(71)61-43(28(2)63)51(73)74)26-76-75-25-40(58-45(67)37(54-29(3)64)21-30-11-5-4-6-12-30)48(70)56-38(22-31-16-18-33(65)19-17-31)46(68)57-39(23-32-24-53-35-14-8-7-13-34(32)35)47(69)55-36(44(66)60-42)15-9-10-20-52/h4-8,11-14,16-19,24,27-28,36-43,53,62-63,65H,9-10,15,20-23,25-26,52H2,1-3H3,(H,54,64)(H,55,69)(H,56,70)(H,57,68)(H,58,67)(H,59,72)(H,60,66)(H,61,71)(H,73,74)/t27-,28-,36+,37-,38+,39-,40+,41+,42-,43+/m1/s1. The topological polar surface area (TPSA) is 373 Å². The second-order valence-electron chi connectivity index (χ2n) is 18.3. The zero-order chi connectivity index (χ0) is 55.5. The fraction of sp³-hybridized carbons (Fsp3) is 0.431. The summed E-state index contributed by atoms with van der Waals surface area (Å²) < 4.78 is 0. The maximum atomic E-state index is 14.8. The van der Waals surface area contributed by atoms with Gasteiger partial charge in [0.15, 0.2) is 6.04 Å². The van der Waals surface area contributed by atoms with Crippen LogP contribution in [-0.4, -0.2) is 157 Å². The Labute approximate surface area is 446 Å². The largest absolute Gasteiger partial charge is 0.508 e. The highest BCUT2D eigenvalue weighted by atomic mass is 33.1. The molecule has 0 saturated carbocycles.